The summed E-state index contributed by atoms with van der Waals surface area (Å²) in [7, 11) is 3.31. The highest BCUT2D eigenvalue weighted by molar-refractivity contribution is 5.91. The van der Waals surface area contributed by atoms with Gasteiger partial charge in [0.2, 0.25) is 0 Å². The van der Waals surface area contributed by atoms with E-state index in [4.69, 9.17) is 9.47 Å². The Morgan fingerprint density at radius 1 is 1.00 bits per heavy atom. The lowest BCUT2D eigenvalue weighted by molar-refractivity contribution is 0.0599. The first-order valence-electron chi connectivity index (χ1n) is 14.0. The predicted molar refractivity (Wildman–Crippen MR) is 150 cm³/mol. The van der Waals surface area contributed by atoms with Crippen molar-refractivity contribution in [1.29, 1.82) is 0 Å². The molecule has 2 fully saturated rings. The van der Waals surface area contributed by atoms with E-state index in [0.717, 1.165) is 40.4 Å². The summed E-state index contributed by atoms with van der Waals surface area (Å²) in [6.45, 7) is 2.21. The lowest BCUT2D eigenvalue weighted by Gasteiger charge is -2.28. The maximum absolute atomic E-state index is 12.7. The largest absolute Gasteiger partial charge is 0.490 e. The first kappa shape index (κ1) is 25.4. The second kappa shape index (κ2) is 10.7. The molecule has 4 aromatic rings. The molecule has 39 heavy (non-hydrogen) atoms. The van der Waals surface area contributed by atoms with Gasteiger partial charge >= 0.3 is 5.97 Å². The van der Waals surface area contributed by atoms with Gasteiger partial charge in [-0.2, -0.15) is 0 Å². The molecular weight excluding hydrogens is 488 g/mol. The zero-order valence-corrected chi connectivity index (χ0v) is 22.9. The number of carbonyl (C=O) groups excluding carboxylic acids is 1. The van der Waals surface area contributed by atoms with Crippen molar-refractivity contribution >= 4 is 5.97 Å². The lowest BCUT2D eigenvalue weighted by Crippen LogP contribution is -2.25. The molecule has 0 spiro atoms. The number of rotatable bonds is 8. The van der Waals surface area contributed by atoms with Crippen molar-refractivity contribution in [2.45, 2.75) is 63.4 Å². The summed E-state index contributed by atoms with van der Waals surface area (Å²) in [4.78, 5) is 12.7. The number of hydrogen-bond donors (Lipinski definition) is 0. The van der Waals surface area contributed by atoms with Crippen LogP contribution in [-0.4, -0.2) is 38.7 Å². The summed E-state index contributed by atoms with van der Waals surface area (Å²) in [5.74, 6) is 1.64. The van der Waals surface area contributed by atoms with Gasteiger partial charge in [-0.3, -0.25) is 4.68 Å². The molecule has 0 N–H and O–H groups in total. The number of benzene rings is 2. The zero-order valence-electron chi connectivity index (χ0n) is 22.9. The predicted octanol–water partition coefficient (Wildman–Crippen LogP) is 6.68. The van der Waals surface area contributed by atoms with Gasteiger partial charge in [-0.25, -0.2) is 4.79 Å². The number of esters is 1. The molecule has 0 saturated heterocycles. The van der Waals surface area contributed by atoms with E-state index in [1.807, 2.05) is 25.5 Å². The van der Waals surface area contributed by atoms with Gasteiger partial charge in [-0.15, -0.1) is 5.10 Å². The van der Waals surface area contributed by atoms with Crippen LogP contribution in [0.4, 0.5) is 0 Å². The van der Waals surface area contributed by atoms with E-state index in [1.54, 1.807) is 4.68 Å². The molecule has 2 aromatic heterocycles. The van der Waals surface area contributed by atoms with Crippen LogP contribution < -0.4 is 4.74 Å². The molecule has 2 heterocycles. The van der Waals surface area contributed by atoms with Crippen LogP contribution >= 0.6 is 0 Å². The molecule has 7 heteroatoms. The normalized spacial score (nSPS) is 20.0. The number of hydrogen-bond acceptors (Lipinski definition) is 5. The highest BCUT2D eigenvalue weighted by Crippen LogP contribution is 2.55. The molecule has 2 aliphatic rings. The van der Waals surface area contributed by atoms with Crippen LogP contribution in [0, 0.1) is 5.92 Å². The molecule has 6 rings (SSSR count). The minimum Gasteiger partial charge on any atom is -0.490 e. The average molecular weight is 525 g/mol. The van der Waals surface area contributed by atoms with Gasteiger partial charge in [0.15, 0.2) is 0 Å². The number of carbonyl (C=O) groups is 1. The van der Waals surface area contributed by atoms with Crippen LogP contribution in [0.3, 0.4) is 0 Å². The maximum Gasteiger partial charge on any atom is 0.339 e. The van der Waals surface area contributed by atoms with Crippen molar-refractivity contribution in [3.63, 3.8) is 0 Å². The van der Waals surface area contributed by atoms with Crippen molar-refractivity contribution in [3.05, 3.63) is 83.9 Å². The summed E-state index contributed by atoms with van der Waals surface area (Å²) in [5, 5.41) is 8.43. The van der Waals surface area contributed by atoms with Crippen molar-refractivity contribution in [2.75, 3.05) is 7.11 Å². The van der Waals surface area contributed by atoms with Crippen LogP contribution in [0.2, 0.25) is 0 Å². The molecule has 2 saturated carbocycles. The van der Waals surface area contributed by atoms with Crippen LogP contribution in [-0.2, 0) is 11.8 Å². The van der Waals surface area contributed by atoms with Gasteiger partial charge in [0, 0.05) is 42.7 Å². The molecule has 0 aliphatic heterocycles. The Morgan fingerprint density at radius 3 is 2.51 bits per heavy atom. The Kier molecular flexibility index (Phi) is 6.98. The van der Waals surface area contributed by atoms with Crippen LogP contribution in [0.25, 0.3) is 16.8 Å². The molecule has 7 nitrogen and oxygen atoms in total. The van der Waals surface area contributed by atoms with Gasteiger partial charge in [0.1, 0.15) is 5.75 Å². The van der Waals surface area contributed by atoms with Crippen molar-refractivity contribution in [2.24, 2.45) is 13.0 Å². The van der Waals surface area contributed by atoms with Crippen molar-refractivity contribution in [1.82, 2.24) is 19.6 Å². The summed E-state index contributed by atoms with van der Waals surface area (Å²) < 4.78 is 15.4. The van der Waals surface area contributed by atoms with Gasteiger partial charge in [-0.05, 0) is 73.6 Å². The second-order valence-corrected chi connectivity index (χ2v) is 11.0. The highest BCUT2D eigenvalue weighted by atomic mass is 16.5. The first-order valence-corrected chi connectivity index (χ1v) is 14.0. The van der Waals surface area contributed by atoms with Crippen molar-refractivity contribution in [3.8, 4) is 22.6 Å². The number of nitrogens with zero attached hydrogens (tertiary/aromatic N) is 4. The Morgan fingerprint density at radius 2 is 1.77 bits per heavy atom. The highest BCUT2D eigenvalue weighted by Gasteiger charge is 2.45. The fourth-order valence-electron chi connectivity index (χ4n) is 6.19. The van der Waals surface area contributed by atoms with E-state index in [2.05, 4.69) is 70.3 Å². The van der Waals surface area contributed by atoms with Gasteiger partial charge in [0.05, 0.1) is 24.5 Å². The molecular formula is C32H36N4O3. The molecule has 2 aliphatic carbocycles. The fourth-order valence-corrected chi connectivity index (χ4v) is 6.19. The zero-order chi connectivity index (χ0) is 26.9. The number of methoxy groups -OCH3 is 1. The monoisotopic (exact) mass is 524 g/mol. The van der Waals surface area contributed by atoms with E-state index in [9.17, 15) is 4.79 Å². The van der Waals surface area contributed by atoms with Crippen molar-refractivity contribution < 1.29 is 14.3 Å². The molecule has 3 atom stereocenters. The SMILES string of the molecule is COC(=O)c1ccn(-c2cccc(-c3cccc(OC(C)C4CCCCC4)c3)c2)c1[C@@H]1C[C@H]1c1cn(C)nn1. The van der Waals surface area contributed by atoms with E-state index >= 15 is 0 Å². The summed E-state index contributed by atoms with van der Waals surface area (Å²) in [6, 6.07) is 18.7. The molecule has 0 bridgehead atoms. The first-order chi connectivity index (χ1) is 19.0. The van der Waals surface area contributed by atoms with E-state index in [1.165, 1.54) is 39.2 Å². The number of ether oxygens (including phenoxy) is 2. The number of aromatic nitrogens is 4. The lowest BCUT2D eigenvalue weighted by atomic mass is 9.86. The number of aryl methyl sites for hydroxylation is 1. The minimum absolute atomic E-state index is 0.174. The Labute approximate surface area is 229 Å². The van der Waals surface area contributed by atoms with Gasteiger partial charge in [-0.1, -0.05) is 48.7 Å². The summed E-state index contributed by atoms with van der Waals surface area (Å²) >= 11 is 0. The second-order valence-electron chi connectivity index (χ2n) is 11.0. The molecule has 0 radical (unpaired) electrons. The standard InChI is InChI=1S/C32H36N4O3/c1-21(22-9-5-4-6-10-22)39-26-14-8-12-24(18-26)23-11-7-13-25(17-23)36-16-15-27(32(37)38-3)31(36)29-19-28(29)30-20-35(2)34-33-30/h7-8,11-18,20-22,28-29H,4-6,9-10,19H2,1-3H3/t21?,28-,29-/m1/s1. The van der Waals surface area contributed by atoms with Gasteiger partial charge in [0.25, 0.3) is 0 Å². The van der Waals surface area contributed by atoms with Crippen LogP contribution in [0.1, 0.15) is 79.0 Å². The maximum atomic E-state index is 12.7. The Bertz CT molecular complexity index is 1470. The van der Waals surface area contributed by atoms with E-state index < -0.39 is 0 Å². The molecule has 2 aromatic carbocycles. The summed E-state index contributed by atoms with van der Waals surface area (Å²) in [6.07, 6.45) is 11.6. The third-order valence-electron chi connectivity index (χ3n) is 8.40. The average Bonchev–Trinajstić information content (AvgIpc) is 3.42. The fraction of sp³-hybridized carbons (Fsp3) is 0.406. The molecule has 202 valence electrons. The molecule has 0 amide bonds. The van der Waals surface area contributed by atoms with Crippen LogP contribution in [0.15, 0.2) is 67.0 Å². The van der Waals surface area contributed by atoms with Gasteiger partial charge < -0.3 is 14.0 Å². The third kappa shape index (κ3) is 5.22. The summed E-state index contributed by atoms with van der Waals surface area (Å²) in [5.41, 5.74) is 5.74. The Hall–Kier alpha value is -3.87. The Balaban J connectivity index is 1.29. The topological polar surface area (TPSA) is 71.2 Å². The van der Waals surface area contributed by atoms with E-state index in [0.29, 0.717) is 11.5 Å². The minimum atomic E-state index is -0.318. The third-order valence-corrected chi connectivity index (χ3v) is 8.40. The van der Waals surface area contributed by atoms with Crippen LogP contribution in [0.5, 0.6) is 5.75 Å². The smallest absolute Gasteiger partial charge is 0.339 e. The quantitative estimate of drug-likeness (QED) is 0.241. The van der Waals surface area contributed by atoms with E-state index in [-0.39, 0.29) is 23.9 Å². The molecule has 1 unspecified atom stereocenters.